The monoisotopic (exact) mass is 500 g/mol. The van der Waals surface area contributed by atoms with Crippen molar-refractivity contribution in [1.82, 2.24) is 10.2 Å². The maximum Gasteiger partial charge on any atom is 0.242 e. The lowest BCUT2D eigenvalue weighted by molar-refractivity contribution is -0.140. The standard InChI is InChI=1S/C27H37BrN2O2/c1-7-19(2)29-26(32)20(3)30(18-22-9-8-10-24(28)17-22)25(31)16-13-21-11-14-23(15-12-21)27(4,5)6/h8-12,14-15,17,19-20H,7,13,16,18H2,1-6H3,(H,29,32)/t19-,20+/m1/s1. The quantitative estimate of drug-likeness (QED) is 0.458. The van der Waals surface area contributed by atoms with Gasteiger partial charge < -0.3 is 10.2 Å². The molecule has 4 nitrogen and oxygen atoms in total. The third-order valence-corrected chi connectivity index (χ3v) is 6.35. The smallest absolute Gasteiger partial charge is 0.242 e. The van der Waals surface area contributed by atoms with Gasteiger partial charge >= 0.3 is 0 Å². The molecule has 2 rings (SSSR count). The highest BCUT2D eigenvalue weighted by atomic mass is 79.9. The highest BCUT2D eigenvalue weighted by molar-refractivity contribution is 9.10. The van der Waals surface area contributed by atoms with Gasteiger partial charge in [-0.25, -0.2) is 0 Å². The lowest BCUT2D eigenvalue weighted by Gasteiger charge is -2.30. The van der Waals surface area contributed by atoms with Crippen molar-refractivity contribution in [2.75, 3.05) is 0 Å². The maximum absolute atomic E-state index is 13.3. The molecule has 0 fully saturated rings. The molecule has 0 radical (unpaired) electrons. The van der Waals surface area contributed by atoms with Crippen molar-refractivity contribution in [3.8, 4) is 0 Å². The highest BCUT2D eigenvalue weighted by Crippen LogP contribution is 2.23. The number of hydrogen-bond acceptors (Lipinski definition) is 2. The molecule has 0 aromatic heterocycles. The van der Waals surface area contributed by atoms with Crippen LogP contribution in [0.15, 0.2) is 53.0 Å². The molecule has 2 aromatic rings. The lowest BCUT2D eigenvalue weighted by atomic mass is 9.86. The minimum absolute atomic E-state index is 0.0170. The van der Waals surface area contributed by atoms with Crippen LogP contribution in [-0.2, 0) is 28.0 Å². The lowest BCUT2D eigenvalue weighted by Crippen LogP contribution is -2.49. The van der Waals surface area contributed by atoms with E-state index in [1.54, 1.807) is 4.90 Å². The first-order valence-electron chi connectivity index (χ1n) is 11.4. The van der Waals surface area contributed by atoms with E-state index in [2.05, 4.69) is 66.3 Å². The van der Waals surface area contributed by atoms with E-state index in [9.17, 15) is 9.59 Å². The van der Waals surface area contributed by atoms with Gasteiger partial charge in [0.1, 0.15) is 6.04 Å². The molecule has 0 saturated heterocycles. The topological polar surface area (TPSA) is 49.4 Å². The number of aryl methyl sites for hydroxylation is 1. The molecule has 32 heavy (non-hydrogen) atoms. The van der Waals surface area contributed by atoms with E-state index in [0.29, 0.717) is 19.4 Å². The predicted molar refractivity (Wildman–Crippen MR) is 136 cm³/mol. The Morgan fingerprint density at radius 2 is 1.69 bits per heavy atom. The summed E-state index contributed by atoms with van der Waals surface area (Å²) in [6, 6.07) is 15.9. The van der Waals surface area contributed by atoms with Crippen molar-refractivity contribution in [2.24, 2.45) is 0 Å². The number of benzene rings is 2. The summed E-state index contributed by atoms with van der Waals surface area (Å²) in [6.07, 6.45) is 1.87. The molecule has 174 valence electrons. The van der Waals surface area contributed by atoms with Crippen molar-refractivity contribution < 1.29 is 9.59 Å². The van der Waals surface area contributed by atoms with Gasteiger partial charge in [-0.1, -0.05) is 80.0 Å². The maximum atomic E-state index is 13.3. The van der Waals surface area contributed by atoms with Crippen LogP contribution in [0.1, 0.15) is 71.1 Å². The largest absolute Gasteiger partial charge is 0.352 e. The molecule has 1 N–H and O–H groups in total. The Kier molecular flexibility index (Phi) is 9.50. The van der Waals surface area contributed by atoms with Gasteiger partial charge in [0.05, 0.1) is 0 Å². The van der Waals surface area contributed by atoms with E-state index in [0.717, 1.165) is 22.0 Å². The van der Waals surface area contributed by atoms with E-state index in [1.165, 1.54) is 5.56 Å². The second-order valence-electron chi connectivity index (χ2n) is 9.59. The summed E-state index contributed by atoms with van der Waals surface area (Å²) in [6.45, 7) is 12.8. The number of carbonyl (C=O) groups excluding carboxylic acids is 2. The Hall–Kier alpha value is -2.14. The predicted octanol–water partition coefficient (Wildman–Crippen LogP) is 6.01. The first kappa shape index (κ1) is 26.1. The summed E-state index contributed by atoms with van der Waals surface area (Å²) in [5.41, 5.74) is 3.50. The number of nitrogens with zero attached hydrogens (tertiary/aromatic N) is 1. The van der Waals surface area contributed by atoms with Crippen LogP contribution in [0.25, 0.3) is 0 Å². The molecule has 0 aliphatic rings. The molecule has 2 amide bonds. The molecule has 0 heterocycles. The van der Waals surface area contributed by atoms with Crippen molar-refractivity contribution in [3.63, 3.8) is 0 Å². The van der Waals surface area contributed by atoms with Crippen LogP contribution in [0.5, 0.6) is 0 Å². The first-order valence-corrected chi connectivity index (χ1v) is 12.2. The second kappa shape index (κ2) is 11.6. The van der Waals surface area contributed by atoms with Crippen LogP contribution in [0.2, 0.25) is 0 Å². The zero-order valence-corrected chi connectivity index (χ0v) is 21.8. The number of nitrogens with one attached hydrogen (secondary N) is 1. The minimum Gasteiger partial charge on any atom is -0.352 e. The number of hydrogen-bond donors (Lipinski definition) is 1. The van der Waals surface area contributed by atoms with Crippen molar-refractivity contribution in [3.05, 3.63) is 69.7 Å². The highest BCUT2D eigenvalue weighted by Gasteiger charge is 2.26. The van der Waals surface area contributed by atoms with Crippen LogP contribution in [0.4, 0.5) is 0 Å². The number of halogens is 1. The van der Waals surface area contributed by atoms with E-state index in [4.69, 9.17) is 0 Å². The Morgan fingerprint density at radius 3 is 2.25 bits per heavy atom. The molecule has 0 aliphatic carbocycles. The van der Waals surface area contributed by atoms with Gasteiger partial charge in [-0.2, -0.15) is 0 Å². The molecule has 0 aliphatic heterocycles. The van der Waals surface area contributed by atoms with Crippen LogP contribution < -0.4 is 5.32 Å². The molecule has 0 saturated carbocycles. The van der Waals surface area contributed by atoms with Crippen molar-refractivity contribution in [2.45, 2.75) is 84.8 Å². The van der Waals surface area contributed by atoms with Crippen LogP contribution in [0, 0.1) is 0 Å². The van der Waals surface area contributed by atoms with Gasteiger partial charge in [0.2, 0.25) is 11.8 Å². The fourth-order valence-corrected chi connectivity index (χ4v) is 3.89. The van der Waals surface area contributed by atoms with E-state index in [1.807, 2.05) is 45.0 Å². The van der Waals surface area contributed by atoms with E-state index in [-0.39, 0.29) is 23.3 Å². The summed E-state index contributed by atoms with van der Waals surface area (Å²) in [7, 11) is 0. The molecule has 0 spiro atoms. The van der Waals surface area contributed by atoms with Crippen LogP contribution >= 0.6 is 15.9 Å². The number of carbonyl (C=O) groups is 2. The SMILES string of the molecule is CC[C@@H](C)NC(=O)[C@H](C)N(Cc1cccc(Br)c1)C(=O)CCc1ccc(C(C)(C)C)cc1. The average Bonchev–Trinajstić information content (AvgIpc) is 2.75. The number of amides is 2. The van der Waals surface area contributed by atoms with Gasteiger partial charge in [0.15, 0.2) is 0 Å². The third-order valence-electron chi connectivity index (χ3n) is 5.86. The third kappa shape index (κ3) is 7.77. The minimum atomic E-state index is -0.543. The van der Waals surface area contributed by atoms with E-state index >= 15 is 0 Å². The van der Waals surface area contributed by atoms with Crippen LogP contribution in [0.3, 0.4) is 0 Å². The molecular weight excluding hydrogens is 464 g/mol. The first-order chi connectivity index (χ1) is 15.0. The Labute approximate surface area is 201 Å². The normalized spacial score (nSPS) is 13.3. The average molecular weight is 502 g/mol. The number of rotatable bonds is 9. The summed E-state index contributed by atoms with van der Waals surface area (Å²) in [4.78, 5) is 27.8. The van der Waals surface area contributed by atoms with Crippen molar-refractivity contribution >= 4 is 27.7 Å². The van der Waals surface area contributed by atoms with Gasteiger partial charge in [-0.05, 0) is 60.9 Å². The zero-order chi connectivity index (χ0) is 23.9. The Morgan fingerprint density at radius 1 is 1.03 bits per heavy atom. The molecular formula is C27H37BrN2O2. The second-order valence-corrected chi connectivity index (χ2v) is 10.5. The molecule has 0 bridgehead atoms. The fraction of sp³-hybridized carbons (Fsp3) is 0.481. The molecule has 2 aromatic carbocycles. The van der Waals surface area contributed by atoms with Crippen molar-refractivity contribution in [1.29, 1.82) is 0 Å². The van der Waals surface area contributed by atoms with Gasteiger partial charge in [0.25, 0.3) is 0 Å². The Bertz CT molecular complexity index is 903. The van der Waals surface area contributed by atoms with Gasteiger partial charge in [-0.15, -0.1) is 0 Å². The summed E-state index contributed by atoms with van der Waals surface area (Å²) in [5, 5.41) is 3.01. The molecule has 2 atom stereocenters. The van der Waals surface area contributed by atoms with Gasteiger partial charge in [0, 0.05) is 23.5 Å². The summed E-state index contributed by atoms with van der Waals surface area (Å²) >= 11 is 3.50. The van der Waals surface area contributed by atoms with Crippen LogP contribution in [-0.4, -0.2) is 28.8 Å². The van der Waals surface area contributed by atoms with Gasteiger partial charge in [-0.3, -0.25) is 9.59 Å². The Balaban J connectivity index is 2.14. The molecule has 0 unspecified atom stereocenters. The fourth-order valence-electron chi connectivity index (χ4n) is 3.45. The zero-order valence-electron chi connectivity index (χ0n) is 20.2. The van der Waals surface area contributed by atoms with E-state index < -0.39 is 6.04 Å². The summed E-state index contributed by atoms with van der Waals surface area (Å²) < 4.78 is 0.957. The summed E-state index contributed by atoms with van der Waals surface area (Å²) in [5.74, 6) is -0.131. The molecule has 5 heteroatoms.